The Balaban J connectivity index is 1.67. The molecule has 1 aromatic carbocycles. The number of nitro groups is 1. The van der Waals surface area contributed by atoms with Gasteiger partial charge in [0.05, 0.1) is 30.9 Å². The molecule has 0 aromatic heterocycles. The molecular formula is C18H21N5O5. The van der Waals surface area contributed by atoms with Crippen LogP contribution < -0.4 is 0 Å². The van der Waals surface area contributed by atoms with Crippen LogP contribution in [0.4, 0.5) is 4.79 Å². The van der Waals surface area contributed by atoms with Gasteiger partial charge in [0.2, 0.25) is 0 Å². The van der Waals surface area contributed by atoms with Crippen LogP contribution in [0, 0.1) is 27.4 Å². The normalized spacial score (nSPS) is 23.1. The Bertz CT molecular complexity index is 821. The number of amides is 1. The summed E-state index contributed by atoms with van der Waals surface area (Å²) in [5.41, 5.74) is 0.979. The van der Waals surface area contributed by atoms with Gasteiger partial charge >= 0.3 is 6.09 Å². The molecule has 10 nitrogen and oxygen atoms in total. The average Bonchev–Trinajstić information content (AvgIpc) is 3.26. The summed E-state index contributed by atoms with van der Waals surface area (Å²) in [6.07, 6.45) is 0.286. The van der Waals surface area contributed by atoms with Crippen molar-refractivity contribution in [3.63, 3.8) is 0 Å². The first kappa shape index (κ1) is 19.6. The van der Waals surface area contributed by atoms with Crippen LogP contribution in [0.2, 0.25) is 0 Å². The highest BCUT2D eigenvalue weighted by Crippen LogP contribution is 2.22. The predicted octanol–water partition coefficient (Wildman–Crippen LogP) is 1.79. The van der Waals surface area contributed by atoms with E-state index >= 15 is 0 Å². The Hall–Kier alpha value is -3.19. The van der Waals surface area contributed by atoms with Crippen LogP contribution in [0.5, 0.6) is 0 Å². The highest BCUT2D eigenvalue weighted by Gasteiger charge is 2.37. The summed E-state index contributed by atoms with van der Waals surface area (Å²) >= 11 is 0. The Morgan fingerprint density at radius 3 is 2.93 bits per heavy atom. The number of guanidine groups is 1. The van der Waals surface area contributed by atoms with E-state index in [1.165, 1.54) is 0 Å². The van der Waals surface area contributed by atoms with Gasteiger partial charge in [-0.2, -0.15) is 5.26 Å². The highest BCUT2D eigenvalue weighted by molar-refractivity contribution is 5.95. The number of hydrogen-bond donors (Lipinski definition) is 0. The standard InChI is InChI=1S/C18H21N5O5/c1-13-8-14(11-27-13)10-21-6-7-22(17(21)20-23(25)26)18(24)28-12-16-5-3-2-4-15(16)9-19/h2-5,13-14H,6-8,10-12H2,1H3. The van der Waals surface area contributed by atoms with E-state index in [0.717, 1.165) is 11.3 Å². The van der Waals surface area contributed by atoms with E-state index in [-0.39, 0.29) is 31.1 Å². The number of carbonyl (C=O) groups is 1. The lowest BCUT2D eigenvalue weighted by molar-refractivity contribution is -0.486. The third kappa shape index (κ3) is 4.55. The molecule has 2 saturated heterocycles. The van der Waals surface area contributed by atoms with Gasteiger partial charge in [0.1, 0.15) is 11.7 Å². The maximum atomic E-state index is 12.5. The Morgan fingerprint density at radius 2 is 2.25 bits per heavy atom. The van der Waals surface area contributed by atoms with Gasteiger partial charge < -0.3 is 14.4 Å². The first-order valence-electron chi connectivity index (χ1n) is 8.99. The lowest BCUT2D eigenvalue weighted by Crippen LogP contribution is -2.40. The summed E-state index contributed by atoms with van der Waals surface area (Å²) in [7, 11) is 0. The van der Waals surface area contributed by atoms with Crippen LogP contribution in [-0.4, -0.2) is 59.2 Å². The molecule has 0 saturated carbocycles. The van der Waals surface area contributed by atoms with Crippen LogP contribution in [0.25, 0.3) is 0 Å². The van der Waals surface area contributed by atoms with E-state index in [0.29, 0.717) is 30.8 Å². The van der Waals surface area contributed by atoms with Gasteiger partial charge in [0.25, 0.3) is 5.96 Å². The molecule has 1 aromatic rings. The van der Waals surface area contributed by atoms with E-state index < -0.39 is 11.1 Å². The number of rotatable bonds is 5. The summed E-state index contributed by atoms with van der Waals surface area (Å²) in [5, 5.41) is 22.7. The molecule has 148 valence electrons. The van der Waals surface area contributed by atoms with Crippen molar-refractivity contribution in [2.45, 2.75) is 26.1 Å². The Morgan fingerprint density at radius 1 is 1.46 bits per heavy atom. The van der Waals surface area contributed by atoms with Crippen molar-refractivity contribution < 1.29 is 19.3 Å². The molecule has 0 N–H and O–H groups in total. The lowest BCUT2D eigenvalue weighted by Gasteiger charge is -2.21. The van der Waals surface area contributed by atoms with Crippen LogP contribution >= 0.6 is 0 Å². The molecule has 0 radical (unpaired) electrons. The molecule has 3 rings (SSSR count). The van der Waals surface area contributed by atoms with Crippen molar-refractivity contribution in [2.24, 2.45) is 11.0 Å². The van der Waals surface area contributed by atoms with Gasteiger partial charge in [-0.25, -0.2) is 19.8 Å². The molecule has 0 spiro atoms. The number of nitrogens with zero attached hydrogens (tertiary/aromatic N) is 5. The molecule has 0 bridgehead atoms. The number of ether oxygens (including phenoxy) is 2. The topological polar surface area (TPSA) is 121 Å². The van der Waals surface area contributed by atoms with Crippen molar-refractivity contribution in [2.75, 3.05) is 26.2 Å². The molecule has 10 heteroatoms. The summed E-state index contributed by atoms with van der Waals surface area (Å²) in [6.45, 7) is 3.67. The molecule has 2 aliphatic rings. The zero-order valence-electron chi connectivity index (χ0n) is 15.5. The third-order valence-corrected chi connectivity index (χ3v) is 4.76. The number of benzene rings is 1. The minimum Gasteiger partial charge on any atom is -0.444 e. The smallest absolute Gasteiger partial charge is 0.417 e. The number of nitriles is 1. The average molecular weight is 387 g/mol. The lowest BCUT2D eigenvalue weighted by atomic mass is 10.1. The van der Waals surface area contributed by atoms with Crippen molar-refractivity contribution in [1.82, 2.24) is 9.80 Å². The van der Waals surface area contributed by atoms with Gasteiger partial charge in [-0.1, -0.05) is 18.2 Å². The van der Waals surface area contributed by atoms with Crippen molar-refractivity contribution in [1.29, 1.82) is 5.26 Å². The fraction of sp³-hybridized carbons (Fsp3) is 0.500. The van der Waals surface area contributed by atoms with E-state index in [4.69, 9.17) is 14.7 Å². The van der Waals surface area contributed by atoms with Gasteiger partial charge in [-0.05, 0) is 19.4 Å². The quantitative estimate of drug-likeness (QED) is 0.557. The molecule has 2 atom stereocenters. The number of carbonyl (C=O) groups excluding carboxylic acids is 1. The first-order valence-corrected chi connectivity index (χ1v) is 8.99. The minimum atomic E-state index is -0.813. The van der Waals surface area contributed by atoms with E-state index in [1.807, 2.05) is 13.0 Å². The Kier molecular flexibility index (Phi) is 6.06. The number of hydrogen-bond acceptors (Lipinski definition) is 6. The molecule has 1 amide bonds. The van der Waals surface area contributed by atoms with Gasteiger partial charge in [-0.3, -0.25) is 0 Å². The number of hydrazone groups is 1. The summed E-state index contributed by atoms with van der Waals surface area (Å²) in [5.74, 6) is 0.202. The summed E-state index contributed by atoms with van der Waals surface area (Å²) < 4.78 is 10.8. The van der Waals surface area contributed by atoms with Crippen LogP contribution in [0.3, 0.4) is 0 Å². The monoisotopic (exact) mass is 387 g/mol. The summed E-state index contributed by atoms with van der Waals surface area (Å²) in [6, 6.07) is 8.82. The first-order chi connectivity index (χ1) is 13.5. The molecule has 0 aliphatic carbocycles. The van der Waals surface area contributed by atoms with Crippen LogP contribution in [0.15, 0.2) is 29.4 Å². The predicted molar refractivity (Wildman–Crippen MR) is 97.6 cm³/mol. The van der Waals surface area contributed by atoms with E-state index in [9.17, 15) is 14.9 Å². The molecule has 2 heterocycles. The van der Waals surface area contributed by atoms with Crippen molar-refractivity contribution >= 4 is 12.1 Å². The molecular weight excluding hydrogens is 366 g/mol. The van der Waals surface area contributed by atoms with E-state index in [2.05, 4.69) is 5.10 Å². The summed E-state index contributed by atoms with van der Waals surface area (Å²) in [4.78, 5) is 26.4. The fourth-order valence-corrected chi connectivity index (χ4v) is 3.44. The fourth-order valence-electron chi connectivity index (χ4n) is 3.44. The molecule has 2 unspecified atom stereocenters. The van der Waals surface area contributed by atoms with Crippen molar-refractivity contribution in [3.05, 3.63) is 45.5 Å². The van der Waals surface area contributed by atoms with Gasteiger partial charge in [0.15, 0.2) is 5.03 Å². The molecule has 2 fully saturated rings. The second kappa shape index (κ2) is 8.67. The zero-order valence-corrected chi connectivity index (χ0v) is 15.5. The largest absolute Gasteiger partial charge is 0.444 e. The second-order valence-electron chi connectivity index (χ2n) is 6.80. The third-order valence-electron chi connectivity index (χ3n) is 4.76. The minimum absolute atomic E-state index is 0.0249. The highest BCUT2D eigenvalue weighted by atomic mass is 16.7. The van der Waals surface area contributed by atoms with Gasteiger partial charge in [-0.15, -0.1) is 0 Å². The second-order valence-corrected chi connectivity index (χ2v) is 6.80. The van der Waals surface area contributed by atoms with Crippen LogP contribution in [0.1, 0.15) is 24.5 Å². The maximum Gasteiger partial charge on any atom is 0.417 e. The molecule has 2 aliphatic heterocycles. The van der Waals surface area contributed by atoms with Crippen molar-refractivity contribution in [3.8, 4) is 6.07 Å². The van der Waals surface area contributed by atoms with Gasteiger partial charge in [0, 0.05) is 24.6 Å². The zero-order chi connectivity index (χ0) is 20.1. The molecule has 28 heavy (non-hydrogen) atoms. The van der Waals surface area contributed by atoms with Crippen LogP contribution in [-0.2, 0) is 16.1 Å². The Labute approximate surface area is 162 Å². The maximum absolute atomic E-state index is 12.5. The SMILES string of the molecule is CC1CC(CN2CCN(C(=O)OCc3ccccc3C#N)C2=N[N+](=O)[O-])CO1. The van der Waals surface area contributed by atoms with E-state index in [1.54, 1.807) is 29.2 Å².